The average molecular weight is 420 g/mol. The number of hydrogen-bond donors (Lipinski definition) is 1. The average Bonchev–Trinajstić information content (AvgIpc) is 2.92. The number of thioether (sulfide) groups is 1. The second-order valence-corrected chi connectivity index (χ2v) is 9.13. The van der Waals surface area contributed by atoms with E-state index in [1.54, 1.807) is 30.5 Å². The summed E-state index contributed by atoms with van der Waals surface area (Å²) in [6, 6.07) is 4.58. The summed E-state index contributed by atoms with van der Waals surface area (Å²) in [7, 11) is 0. The van der Waals surface area contributed by atoms with Crippen LogP contribution >= 0.6 is 23.1 Å². The SMILES string of the molecule is CCn1c(S[C@@H](C)C(=O)Nc2ccc(C)c(F)c2)nc2sc(C)c(C)c2c1=O. The van der Waals surface area contributed by atoms with Gasteiger partial charge in [0, 0.05) is 17.1 Å². The number of aromatic nitrogens is 2. The van der Waals surface area contributed by atoms with E-state index in [9.17, 15) is 14.0 Å². The van der Waals surface area contributed by atoms with Crippen LogP contribution in [-0.4, -0.2) is 20.7 Å². The van der Waals surface area contributed by atoms with Crippen LogP contribution in [0.3, 0.4) is 0 Å². The molecular weight excluding hydrogens is 397 g/mol. The van der Waals surface area contributed by atoms with Gasteiger partial charge in [0.25, 0.3) is 5.56 Å². The molecule has 1 N–H and O–H groups in total. The number of halogens is 1. The lowest BCUT2D eigenvalue weighted by molar-refractivity contribution is -0.115. The number of carbonyl (C=O) groups excluding carboxylic acids is 1. The highest BCUT2D eigenvalue weighted by Crippen LogP contribution is 2.30. The summed E-state index contributed by atoms with van der Waals surface area (Å²) < 4.78 is 15.3. The van der Waals surface area contributed by atoms with E-state index in [1.165, 1.54) is 29.2 Å². The van der Waals surface area contributed by atoms with Crippen LogP contribution in [-0.2, 0) is 11.3 Å². The Morgan fingerprint density at radius 3 is 2.71 bits per heavy atom. The highest BCUT2D eigenvalue weighted by molar-refractivity contribution is 8.00. The van der Waals surface area contributed by atoms with Crippen molar-refractivity contribution in [2.24, 2.45) is 0 Å². The molecule has 1 atom stereocenters. The van der Waals surface area contributed by atoms with E-state index in [0.717, 1.165) is 10.4 Å². The minimum atomic E-state index is -0.506. The molecule has 148 valence electrons. The van der Waals surface area contributed by atoms with Gasteiger partial charge in [-0.25, -0.2) is 9.37 Å². The summed E-state index contributed by atoms with van der Waals surface area (Å²) in [6.45, 7) is 9.66. The first-order valence-corrected chi connectivity index (χ1v) is 10.7. The number of thiophene rings is 1. The fraction of sp³-hybridized carbons (Fsp3) is 0.350. The lowest BCUT2D eigenvalue weighted by Crippen LogP contribution is -2.26. The van der Waals surface area contributed by atoms with Gasteiger partial charge < -0.3 is 5.32 Å². The second-order valence-electron chi connectivity index (χ2n) is 6.62. The van der Waals surface area contributed by atoms with E-state index >= 15 is 0 Å². The van der Waals surface area contributed by atoms with Crippen molar-refractivity contribution in [2.75, 3.05) is 5.32 Å². The van der Waals surface area contributed by atoms with E-state index in [1.807, 2.05) is 20.8 Å². The fourth-order valence-electron chi connectivity index (χ4n) is 2.80. The molecule has 0 aliphatic carbocycles. The molecule has 0 spiro atoms. The number of aryl methyl sites for hydroxylation is 3. The predicted molar refractivity (Wildman–Crippen MR) is 114 cm³/mol. The summed E-state index contributed by atoms with van der Waals surface area (Å²) in [4.78, 5) is 31.9. The van der Waals surface area contributed by atoms with Crippen molar-refractivity contribution in [1.29, 1.82) is 0 Å². The molecule has 2 heterocycles. The Morgan fingerprint density at radius 1 is 1.36 bits per heavy atom. The van der Waals surface area contributed by atoms with Crippen molar-refractivity contribution in [3.8, 4) is 0 Å². The van der Waals surface area contributed by atoms with E-state index in [-0.39, 0.29) is 17.3 Å². The first-order valence-electron chi connectivity index (χ1n) is 8.97. The Bertz CT molecular complexity index is 1120. The monoisotopic (exact) mass is 419 g/mol. The smallest absolute Gasteiger partial charge is 0.263 e. The predicted octanol–water partition coefficient (Wildman–Crippen LogP) is 4.66. The van der Waals surface area contributed by atoms with Crippen LogP contribution in [0, 0.1) is 26.6 Å². The summed E-state index contributed by atoms with van der Waals surface area (Å²) in [5.74, 6) is -0.641. The zero-order valence-corrected chi connectivity index (χ0v) is 18.1. The lowest BCUT2D eigenvalue weighted by atomic mass is 10.2. The maximum Gasteiger partial charge on any atom is 0.263 e. The minimum absolute atomic E-state index is 0.0786. The van der Waals surface area contributed by atoms with E-state index < -0.39 is 5.25 Å². The second kappa shape index (κ2) is 8.05. The maximum atomic E-state index is 13.7. The fourth-order valence-corrected chi connectivity index (χ4v) is 4.85. The Balaban J connectivity index is 1.87. The molecule has 28 heavy (non-hydrogen) atoms. The number of fused-ring (bicyclic) bond motifs is 1. The summed E-state index contributed by atoms with van der Waals surface area (Å²) in [6.07, 6.45) is 0. The van der Waals surface area contributed by atoms with Gasteiger partial charge in [-0.2, -0.15) is 0 Å². The largest absolute Gasteiger partial charge is 0.325 e. The molecule has 1 amide bonds. The van der Waals surface area contributed by atoms with Crippen molar-refractivity contribution in [3.63, 3.8) is 0 Å². The number of amides is 1. The molecule has 0 aliphatic rings. The summed E-state index contributed by atoms with van der Waals surface area (Å²) in [5.41, 5.74) is 1.81. The van der Waals surface area contributed by atoms with Gasteiger partial charge in [-0.15, -0.1) is 11.3 Å². The zero-order valence-electron chi connectivity index (χ0n) is 16.4. The van der Waals surface area contributed by atoms with E-state index in [2.05, 4.69) is 10.3 Å². The lowest BCUT2D eigenvalue weighted by Gasteiger charge is -2.15. The third kappa shape index (κ3) is 3.84. The van der Waals surface area contributed by atoms with Gasteiger partial charge in [-0.3, -0.25) is 14.2 Å². The number of nitrogens with one attached hydrogen (secondary N) is 1. The molecule has 0 bridgehead atoms. The van der Waals surface area contributed by atoms with Crippen LogP contribution in [0.5, 0.6) is 0 Å². The van der Waals surface area contributed by atoms with E-state index in [0.29, 0.717) is 33.2 Å². The number of rotatable bonds is 5. The van der Waals surface area contributed by atoms with Crippen LogP contribution in [0.15, 0.2) is 28.2 Å². The van der Waals surface area contributed by atoms with Crippen LogP contribution in [0.2, 0.25) is 0 Å². The molecule has 0 saturated heterocycles. The van der Waals surface area contributed by atoms with Gasteiger partial charge in [-0.1, -0.05) is 17.8 Å². The van der Waals surface area contributed by atoms with Gasteiger partial charge in [0.2, 0.25) is 5.91 Å². The molecular formula is C20H22FN3O2S2. The third-order valence-corrected chi connectivity index (χ3v) is 6.85. The van der Waals surface area contributed by atoms with Crippen LogP contribution in [0.1, 0.15) is 29.9 Å². The first kappa shape index (κ1) is 20.5. The van der Waals surface area contributed by atoms with Crippen LogP contribution in [0.4, 0.5) is 10.1 Å². The highest BCUT2D eigenvalue weighted by Gasteiger charge is 2.21. The zero-order chi connectivity index (χ0) is 20.6. The molecule has 3 rings (SSSR count). The van der Waals surface area contributed by atoms with Crippen molar-refractivity contribution in [3.05, 3.63) is 50.4 Å². The van der Waals surface area contributed by atoms with Crippen molar-refractivity contribution in [2.45, 2.75) is 51.6 Å². The van der Waals surface area contributed by atoms with Gasteiger partial charge in [0.05, 0.1) is 10.6 Å². The molecule has 0 unspecified atom stereocenters. The molecule has 2 aromatic heterocycles. The van der Waals surface area contributed by atoms with Crippen LogP contribution < -0.4 is 10.9 Å². The minimum Gasteiger partial charge on any atom is -0.325 e. The topological polar surface area (TPSA) is 64.0 Å². The third-order valence-electron chi connectivity index (χ3n) is 4.66. The van der Waals surface area contributed by atoms with Gasteiger partial charge in [0.15, 0.2) is 5.16 Å². The number of nitrogens with zero attached hydrogens (tertiary/aromatic N) is 2. The van der Waals surface area contributed by atoms with Crippen molar-refractivity contribution < 1.29 is 9.18 Å². The number of anilines is 1. The standard InChI is InChI=1S/C20H22FN3O2S2/c1-6-24-19(26)16-11(3)12(4)27-18(16)23-20(24)28-13(5)17(25)22-14-8-7-10(2)15(21)9-14/h7-9,13H,6H2,1-5H3,(H,22,25)/t13-/m0/s1. The number of carbonyl (C=O) groups is 1. The molecule has 0 saturated carbocycles. The normalized spacial score (nSPS) is 12.4. The number of benzene rings is 1. The maximum absolute atomic E-state index is 13.7. The summed E-state index contributed by atoms with van der Waals surface area (Å²) >= 11 is 2.71. The molecule has 1 aromatic carbocycles. The molecule has 5 nitrogen and oxygen atoms in total. The highest BCUT2D eigenvalue weighted by atomic mass is 32.2. The quantitative estimate of drug-likeness (QED) is 0.482. The Kier molecular flexibility index (Phi) is 5.90. The van der Waals surface area contributed by atoms with Crippen molar-refractivity contribution >= 4 is 44.9 Å². The Morgan fingerprint density at radius 2 is 2.07 bits per heavy atom. The van der Waals surface area contributed by atoms with Gasteiger partial charge in [-0.05, 0) is 57.9 Å². The Hall–Kier alpha value is -2.19. The van der Waals surface area contributed by atoms with Crippen LogP contribution in [0.25, 0.3) is 10.2 Å². The van der Waals surface area contributed by atoms with Crippen molar-refractivity contribution in [1.82, 2.24) is 9.55 Å². The first-order chi connectivity index (χ1) is 13.2. The van der Waals surface area contributed by atoms with E-state index in [4.69, 9.17) is 0 Å². The molecule has 0 fully saturated rings. The number of hydrogen-bond acceptors (Lipinski definition) is 5. The molecule has 0 aliphatic heterocycles. The molecule has 0 radical (unpaired) electrons. The van der Waals surface area contributed by atoms with Gasteiger partial charge >= 0.3 is 0 Å². The summed E-state index contributed by atoms with van der Waals surface area (Å²) in [5, 5.41) is 3.38. The molecule has 3 aromatic rings. The van der Waals surface area contributed by atoms with Gasteiger partial charge in [0.1, 0.15) is 10.6 Å². The molecule has 8 heteroatoms. The Labute approximate surface area is 171 Å².